The quantitative estimate of drug-likeness (QED) is 0.615. The van der Waals surface area contributed by atoms with Crippen LogP contribution in [0.2, 0.25) is 0 Å². The summed E-state index contributed by atoms with van der Waals surface area (Å²) in [7, 11) is 0. The van der Waals surface area contributed by atoms with Crippen LogP contribution in [0.15, 0.2) is 42.0 Å². The van der Waals surface area contributed by atoms with Crippen LogP contribution in [0.25, 0.3) is 17.2 Å². The summed E-state index contributed by atoms with van der Waals surface area (Å²) < 4.78 is 0. The van der Waals surface area contributed by atoms with Crippen molar-refractivity contribution >= 4 is 6.08 Å². The molecule has 0 saturated carbocycles. The predicted octanol–water partition coefficient (Wildman–Crippen LogP) is 6.38. The molecule has 1 aliphatic carbocycles. The van der Waals surface area contributed by atoms with E-state index in [9.17, 15) is 0 Å². The molecular formula is C22H26. The van der Waals surface area contributed by atoms with Gasteiger partial charge in [-0.3, -0.25) is 0 Å². The lowest BCUT2D eigenvalue weighted by Gasteiger charge is -2.18. The highest BCUT2D eigenvalue weighted by Crippen LogP contribution is 2.41. The van der Waals surface area contributed by atoms with E-state index in [2.05, 4.69) is 77.1 Å². The first kappa shape index (κ1) is 15.1. The van der Waals surface area contributed by atoms with Gasteiger partial charge in [0.05, 0.1) is 0 Å². The topological polar surface area (TPSA) is 0 Å². The van der Waals surface area contributed by atoms with E-state index in [0.29, 0.717) is 11.8 Å². The molecule has 0 fully saturated rings. The van der Waals surface area contributed by atoms with Gasteiger partial charge in [0.1, 0.15) is 0 Å². The third-order valence-corrected chi connectivity index (χ3v) is 4.87. The zero-order valence-electron chi connectivity index (χ0n) is 14.4. The summed E-state index contributed by atoms with van der Waals surface area (Å²) in [6, 6.07) is 13.5. The second kappa shape index (κ2) is 5.76. The number of fused-ring (bicyclic) bond motifs is 1. The fourth-order valence-electron chi connectivity index (χ4n) is 3.46. The van der Waals surface area contributed by atoms with Crippen molar-refractivity contribution in [1.82, 2.24) is 0 Å². The van der Waals surface area contributed by atoms with Gasteiger partial charge < -0.3 is 0 Å². The molecule has 0 spiro atoms. The zero-order valence-corrected chi connectivity index (χ0v) is 14.4. The summed E-state index contributed by atoms with van der Waals surface area (Å²) in [6.45, 7) is 11.4. The zero-order chi connectivity index (χ0) is 15.9. The Morgan fingerprint density at radius 1 is 0.864 bits per heavy atom. The molecule has 0 N–H and O–H groups in total. The van der Waals surface area contributed by atoms with E-state index in [1.54, 1.807) is 5.57 Å². The predicted molar refractivity (Wildman–Crippen MR) is 97.2 cm³/mol. The van der Waals surface area contributed by atoms with Gasteiger partial charge in [-0.25, -0.2) is 0 Å². The van der Waals surface area contributed by atoms with Gasteiger partial charge in [0, 0.05) is 0 Å². The van der Waals surface area contributed by atoms with Gasteiger partial charge in [-0.15, -0.1) is 0 Å². The SMILES string of the molecule is Cc1ccccc1-c1c(C(C)C)ccc2c1C=C(C(C)C)C2. The number of aryl methyl sites for hydroxylation is 1. The molecule has 1 aliphatic rings. The van der Waals surface area contributed by atoms with Gasteiger partial charge in [-0.05, 0) is 58.6 Å². The number of benzene rings is 2. The number of hydrogen-bond acceptors (Lipinski definition) is 0. The molecule has 0 bridgehead atoms. The summed E-state index contributed by atoms with van der Waals surface area (Å²) in [5.74, 6) is 1.16. The van der Waals surface area contributed by atoms with Crippen molar-refractivity contribution in [2.75, 3.05) is 0 Å². The molecule has 0 saturated heterocycles. The molecule has 0 radical (unpaired) electrons. The summed E-state index contributed by atoms with van der Waals surface area (Å²) in [5.41, 5.74) is 10.2. The lowest BCUT2D eigenvalue weighted by Crippen LogP contribution is -1.98. The molecule has 0 unspecified atom stereocenters. The Labute approximate surface area is 134 Å². The molecule has 0 amide bonds. The minimum atomic E-state index is 0.538. The fourth-order valence-corrected chi connectivity index (χ4v) is 3.46. The number of hydrogen-bond donors (Lipinski definition) is 0. The highest BCUT2D eigenvalue weighted by molar-refractivity contribution is 5.84. The Morgan fingerprint density at radius 3 is 2.23 bits per heavy atom. The normalized spacial score (nSPS) is 13.7. The Morgan fingerprint density at radius 2 is 1.59 bits per heavy atom. The fraction of sp³-hybridized carbons (Fsp3) is 0.364. The maximum Gasteiger partial charge on any atom is -0.00550 e. The van der Waals surface area contributed by atoms with Crippen LogP contribution >= 0.6 is 0 Å². The summed E-state index contributed by atoms with van der Waals surface area (Å²) >= 11 is 0. The monoisotopic (exact) mass is 290 g/mol. The van der Waals surface area contributed by atoms with E-state index in [1.165, 1.54) is 33.4 Å². The van der Waals surface area contributed by atoms with E-state index < -0.39 is 0 Å². The van der Waals surface area contributed by atoms with Crippen LogP contribution < -0.4 is 0 Å². The first-order valence-electron chi connectivity index (χ1n) is 8.41. The molecular weight excluding hydrogens is 264 g/mol. The molecule has 0 aromatic heterocycles. The lowest BCUT2D eigenvalue weighted by molar-refractivity contribution is 0.754. The highest BCUT2D eigenvalue weighted by Gasteiger charge is 2.22. The molecule has 114 valence electrons. The Hall–Kier alpha value is -1.82. The van der Waals surface area contributed by atoms with Gasteiger partial charge in [-0.1, -0.05) is 75.7 Å². The minimum absolute atomic E-state index is 0.538. The molecule has 22 heavy (non-hydrogen) atoms. The second-order valence-electron chi connectivity index (χ2n) is 7.12. The number of allylic oxidation sites excluding steroid dienone is 1. The van der Waals surface area contributed by atoms with E-state index in [0.717, 1.165) is 6.42 Å². The van der Waals surface area contributed by atoms with Gasteiger partial charge in [-0.2, -0.15) is 0 Å². The van der Waals surface area contributed by atoms with Crippen molar-refractivity contribution in [2.24, 2.45) is 5.92 Å². The second-order valence-corrected chi connectivity index (χ2v) is 7.12. The molecule has 2 aromatic rings. The van der Waals surface area contributed by atoms with Crippen molar-refractivity contribution in [3.05, 3.63) is 64.2 Å². The van der Waals surface area contributed by atoms with Crippen molar-refractivity contribution in [1.29, 1.82) is 0 Å². The van der Waals surface area contributed by atoms with Crippen molar-refractivity contribution < 1.29 is 0 Å². The van der Waals surface area contributed by atoms with Gasteiger partial charge in [0.25, 0.3) is 0 Å². The summed E-state index contributed by atoms with van der Waals surface area (Å²) in [6.07, 6.45) is 3.57. The van der Waals surface area contributed by atoms with Gasteiger partial charge in [0.15, 0.2) is 0 Å². The highest BCUT2D eigenvalue weighted by atomic mass is 14.3. The summed E-state index contributed by atoms with van der Waals surface area (Å²) in [4.78, 5) is 0. The Kier molecular flexibility index (Phi) is 3.95. The number of rotatable bonds is 3. The van der Waals surface area contributed by atoms with Crippen molar-refractivity contribution in [3.8, 4) is 11.1 Å². The van der Waals surface area contributed by atoms with Crippen LogP contribution in [0, 0.1) is 12.8 Å². The van der Waals surface area contributed by atoms with E-state index in [1.807, 2.05) is 0 Å². The minimum Gasteiger partial charge on any atom is -0.0626 e. The Bertz CT molecular complexity index is 730. The van der Waals surface area contributed by atoms with Crippen LogP contribution in [-0.2, 0) is 6.42 Å². The lowest BCUT2D eigenvalue weighted by atomic mass is 9.86. The smallest absolute Gasteiger partial charge is 0.00550 e. The van der Waals surface area contributed by atoms with Crippen LogP contribution in [0.1, 0.15) is 55.9 Å². The maximum atomic E-state index is 2.45. The van der Waals surface area contributed by atoms with E-state index >= 15 is 0 Å². The first-order chi connectivity index (χ1) is 10.5. The van der Waals surface area contributed by atoms with E-state index in [4.69, 9.17) is 0 Å². The molecule has 0 nitrogen and oxygen atoms in total. The average molecular weight is 290 g/mol. The largest absolute Gasteiger partial charge is 0.0626 e. The standard InChI is InChI=1S/C22H26/c1-14(2)18-12-17-10-11-19(15(3)4)22(21(17)13-18)20-9-7-6-8-16(20)5/h6-11,13-15H,12H2,1-5H3. The van der Waals surface area contributed by atoms with Crippen LogP contribution in [0.3, 0.4) is 0 Å². The average Bonchev–Trinajstić information content (AvgIpc) is 2.91. The molecule has 0 heterocycles. The molecule has 0 aliphatic heterocycles. The Balaban J connectivity index is 2.28. The van der Waals surface area contributed by atoms with Crippen LogP contribution in [0.4, 0.5) is 0 Å². The van der Waals surface area contributed by atoms with Crippen molar-refractivity contribution in [2.45, 2.75) is 47.0 Å². The van der Waals surface area contributed by atoms with Crippen molar-refractivity contribution in [3.63, 3.8) is 0 Å². The maximum absolute atomic E-state index is 2.45. The van der Waals surface area contributed by atoms with Crippen LogP contribution in [-0.4, -0.2) is 0 Å². The first-order valence-corrected chi connectivity index (χ1v) is 8.41. The molecule has 0 heteroatoms. The van der Waals surface area contributed by atoms with Crippen LogP contribution in [0.5, 0.6) is 0 Å². The molecule has 0 atom stereocenters. The third kappa shape index (κ3) is 2.52. The summed E-state index contributed by atoms with van der Waals surface area (Å²) in [5, 5.41) is 0. The molecule has 2 aromatic carbocycles. The third-order valence-electron chi connectivity index (χ3n) is 4.87. The van der Waals surface area contributed by atoms with Gasteiger partial charge >= 0.3 is 0 Å². The van der Waals surface area contributed by atoms with E-state index in [-0.39, 0.29) is 0 Å². The molecule has 3 rings (SSSR count). The van der Waals surface area contributed by atoms with Gasteiger partial charge in [0.2, 0.25) is 0 Å².